The summed E-state index contributed by atoms with van der Waals surface area (Å²) in [6.45, 7) is 0. The molecule has 0 saturated heterocycles. The minimum absolute atomic E-state index is 0.147. The van der Waals surface area contributed by atoms with E-state index in [1.165, 1.54) is 0 Å². The highest BCUT2D eigenvalue weighted by Gasteiger charge is 2.26. The van der Waals surface area contributed by atoms with E-state index in [0.717, 1.165) is 24.3 Å². The van der Waals surface area contributed by atoms with Gasteiger partial charge >= 0.3 is 5.97 Å². The minimum atomic E-state index is -4.96. The molecule has 0 radical (unpaired) electrons. The fourth-order valence-electron chi connectivity index (χ4n) is 1.08. The van der Waals surface area contributed by atoms with E-state index >= 15 is 0 Å². The highest BCUT2D eigenvalue weighted by atomic mass is 32.2. The molecule has 0 aliphatic heterocycles. The van der Waals surface area contributed by atoms with Crippen LogP contribution in [0.4, 0.5) is 0 Å². The van der Waals surface area contributed by atoms with Crippen LogP contribution in [0.2, 0.25) is 0 Å². The molecule has 0 heterocycles. The quantitative estimate of drug-likeness (QED) is 0.711. The molecule has 0 spiro atoms. The maximum Gasteiger partial charge on any atom is 0.325 e. The van der Waals surface area contributed by atoms with Gasteiger partial charge in [-0.3, -0.25) is 4.79 Å². The lowest BCUT2D eigenvalue weighted by Gasteiger charge is -2.16. The third kappa shape index (κ3) is 2.67. The Bertz CT molecular complexity index is 460. The summed E-state index contributed by atoms with van der Waals surface area (Å²) in [4.78, 5) is 10.6. The summed E-state index contributed by atoms with van der Waals surface area (Å²) in [6.07, 6.45) is 0. The van der Waals surface area contributed by atoms with Crippen LogP contribution in [-0.4, -0.2) is 29.2 Å². The molecule has 1 aromatic rings. The smallest absolute Gasteiger partial charge is 0.325 e. The summed E-state index contributed by atoms with van der Waals surface area (Å²) in [5.41, 5.74) is -0.185. The highest BCUT2D eigenvalue weighted by Crippen LogP contribution is 2.23. The van der Waals surface area contributed by atoms with Crippen molar-refractivity contribution in [2.24, 2.45) is 0 Å². The van der Waals surface area contributed by atoms with Crippen LogP contribution in [0.15, 0.2) is 24.3 Å². The fraction of sp³-hybridized carbons (Fsp3) is 0.125. The molecule has 0 amide bonds. The molecule has 1 aromatic carbocycles. The highest BCUT2D eigenvalue weighted by molar-refractivity contribution is 7.86. The third-order valence-corrected chi connectivity index (χ3v) is 2.76. The molecule has 0 aliphatic rings. The Labute approximate surface area is 85.5 Å². The van der Waals surface area contributed by atoms with Crippen molar-refractivity contribution in [3.63, 3.8) is 0 Å². The molecule has 2 N–H and O–H groups in total. The molecule has 0 fully saturated rings. The van der Waals surface area contributed by atoms with Gasteiger partial charge in [-0.25, -0.2) is 8.42 Å². The Kier molecular flexibility index (Phi) is 2.96. The number of aliphatic carboxylic acids is 1. The normalized spacial score (nSPS) is 13.4. The number of aromatic hydroxyl groups is 1. The predicted octanol–water partition coefficient (Wildman–Crippen LogP) is 0.0631. The van der Waals surface area contributed by atoms with Crippen LogP contribution in [0.3, 0.4) is 0 Å². The van der Waals surface area contributed by atoms with E-state index in [9.17, 15) is 17.8 Å². The Morgan fingerprint density at radius 3 is 2.07 bits per heavy atom. The number of carbonyl (C=O) groups is 1. The number of phenols is 1. The average Bonchev–Trinajstić information content (AvgIpc) is 2.05. The third-order valence-electron chi connectivity index (χ3n) is 1.71. The van der Waals surface area contributed by atoms with Crippen molar-refractivity contribution in [3.8, 4) is 5.75 Å². The summed E-state index contributed by atoms with van der Waals surface area (Å²) in [6, 6.07) is 4.36. The molecule has 7 heteroatoms. The molecule has 15 heavy (non-hydrogen) atoms. The van der Waals surface area contributed by atoms with E-state index < -0.39 is 21.3 Å². The van der Waals surface area contributed by atoms with E-state index in [4.69, 9.17) is 10.2 Å². The summed E-state index contributed by atoms with van der Waals surface area (Å²) in [5, 5.41) is 15.4. The van der Waals surface area contributed by atoms with Gasteiger partial charge in [0.05, 0.1) is 0 Å². The number of benzene rings is 1. The Morgan fingerprint density at radius 1 is 1.27 bits per heavy atom. The SMILES string of the molecule is O=C(O)C(c1ccc(O)cc1)S(=O)(=O)[O-]. The molecule has 0 bridgehead atoms. The maximum absolute atomic E-state index is 10.7. The van der Waals surface area contributed by atoms with Crippen LogP contribution in [-0.2, 0) is 14.9 Å². The zero-order chi connectivity index (χ0) is 11.6. The lowest BCUT2D eigenvalue weighted by Crippen LogP contribution is -2.21. The van der Waals surface area contributed by atoms with Gasteiger partial charge in [-0.05, 0) is 17.7 Å². The van der Waals surface area contributed by atoms with Gasteiger partial charge in [0.25, 0.3) is 0 Å². The van der Waals surface area contributed by atoms with Gasteiger partial charge in [0.1, 0.15) is 15.9 Å². The lowest BCUT2D eigenvalue weighted by molar-refractivity contribution is -0.136. The second-order valence-electron chi connectivity index (χ2n) is 2.80. The van der Waals surface area contributed by atoms with E-state index in [1.807, 2.05) is 0 Å². The van der Waals surface area contributed by atoms with Crippen molar-refractivity contribution in [2.45, 2.75) is 5.25 Å². The summed E-state index contributed by atoms with van der Waals surface area (Å²) < 4.78 is 32.0. The molecule has 0 saturated carbocycles. The van der Waals surface area contributed by atoms with E-state index in [1.54, 1.807) is 0 Å². The standard InChI is InChI=1S/C8H8O6S/c9-6-3-1-5(2-4-6)7(8(10)11)15(12,13)14/h1-4,7,9H,(H,10,11)(H,12,13,14)/p-1. The van der Waals surface area contributed by atoms with Crippen LogP contribution >= 0.6 is 0 Å². The van der Waals surface area contributed by atoms with Crippen molar-refractivity contribution < 1.29 is 28.0 Å². The molecule has 0 aliphatic carbocycles. The molecule has 6 nitrogen and oxygen atoms in total. The molecule has 1 unspecified atom stereocenters. The second kappa shape index (κ2) is 3.87. The Hall–Kier alpha value is -1.60. The number of carboxylic acids is 1. The van der Waals surface area contributed by atoms with Gasteiger partial charge in [0, 0.05) is 0 Å². The van der Waals surface area contributed by atoms with E-state index in [-0.39, 0.29) is 11.3 Å². The number of phenolic OH excluding ortho intramolecular Hbond substituents is 1. The molecule has 1 atom stereocenters. The predicted molar refractivity (Wildman–Crippen MR) is 48.2 cm³/mol. The summed E-state index contributed by atoms with van der Waals surface area (Å²) in [7, 11) is -4.96. The zero-order valence-electron chi connectivity index (χ0n) is 7.32. The largest absolute Gasteiger partial charge is 0.747 e. The van der Waals surface area contributed by atoms with Crippen molar-refractivity contribution in [3.05, 3.63) is 29.8 Å². The van der Waals surface area contributed by atoms with E-state index in [2.05, 4.69) is 0 Å². The zero-order valence-corrected chi connectivity index (χ0v) is 8.14. The van der Waals surface area contributed by atoms with Gasteiger partial charge < -0.3 is 14.8 Å². The fourth-order valence-corrected chi connectivity index (χ4v) is 1.82. The van der Waals surface area contributed by atoms with Crippen LogP contribution in [0.25, 0.3) is 0 Å². The summed E-state index contributed by atoms with van der Waals surface area (Å²) >= 11 is 0. The van der Waals surface area contributed by atoms with Crippen molar-refractivity contribution in [1.82, 2.24) is 0 Å². The first-order valence-electron chi connectivity index (χ1n) is 3.79. The lowest BCUT2D eigenvalue weighted by atomic mass is 10.1. The Morgan fingerprint density at radius 2 is 1.73 bits per heavy atom. The number of hydrogen-bond acceptors (Lipinski definition) is 5. The second-order valence-corrected chi connectivity index (χ2v) is 4.26. The minimum Gasteiger partial charge on any atom is -0.747 e. The molecule has 0 aromatic heterocycles. The summed E-state index contributed by atoms with van der Waals surface area (Å²) in [5.74, 6) is -1.89. The molecule has 82 valence electrons. The molecular weight excluding hydrogens is 224 g/mol. The van der Waals surface area contributed by atoms with Gasteiger partial charge in [0.15, 0.2) is 5.25 Å². The molecule has 1 rings (SSSR count). The first kappa shape index (κ1) is 11.5. The van der Waals surface area contributed by atoms with Crippen LogP contribution in [0.1, 0.15) is 10.8 Å². The van der Waals surface area contributed by atoms with E-state index in [0.29, 0.717) is 0 Å². The topological polar surface area (TPSA) is 115 Å². The first-order chi connectivity index (χ1) is 6.82. The van der Waals surface area contributed by atoms with Gasteiger partial charge in [-0.15, -0.1) is 0 Å². The van der Waals surface area contributed by atoms with Crippen LogP contribution in [0.5, 0.6) is 5.75 Å². The van der Waals surface area contributed by atoms with Gasteiger partial charge in [0.2, 0.25) is 0 Å². The van der Waals surface area contributed by atoms with Crippen molar-refractivity contribution in [2.75, 3.05) is 0 Å². The average molecular weight is 231 g/mol. The number of rotatable bonds is 3. The molecular formula is C8H7O6S-. The maximum atomic E-state index is 10.7. The monoisotopic (exact) mass is 231 g/mol. The van der Waals surface area contributed by atoms with Crippen molar-refractivity contribution >= 4 is 16.1 Å². The number of carboxylic acid groups (broad SMARTS) is 1. The first-order valence-corrected chi connectivity index (χ1v) is 5.26. The van der Waals surface area contributed by atoms with Crippen LogP contribution in [0, 0.1) is 0 Å². The van der Waals surface area contributed by atoms with Gasteiger partial charge in [-0.1, -0.05) is 12.1 Å². The Balaban J connectivity index is 3.23. The van der Waals surface area contributed by atoms with Crippen LogP contribution < -0.4 is 0 Å². The van der Waals surface area contributed by atoms with Gasteiger partial charge in [-0.2, -0.15) is 0 Å². The number of hydrogen-bond donors (Lipinski definition) is 2. The van der Waals surface area contributed by atoms with Crippen molar-refractivity contribution in [1.29, 1.82) is 0 Å².